The van der Waals surface area contributed by atoms with Crippen molar-refractivity contribution in [2.24, 2.45) is 0 Å². The van der Waals surface area contributed by atoms with Crippen LogP contribution in [-0.4, -0.2) is 28.9 Å². The molecule has 0 saturated heterocycles. The van der Waals surface area contributed by atoms with Crippen LogP contribution in [0.25, 0.3) is 0 Å². The fraction of sp³-hybridized carbons (Fsp3) is 0.875. The second kappa shape index (κ2) is 7.43. The van der Waals surface area contributed by atoms with Gasteiger partial charge >= 0.3 is 5.97 Å². The minimum Gasteiger partial charge on any atom is -0.449 e. The standard InChI is InChI=1S/C8H16O3S/c1-3-4-5-12-8(6-9)11-7(2)10/h8-9H,3-6H2,1-2H3/t8-/m0/s1. The number of hydrogen-bond donors (Lipinski definition) is 1. The van der Waals surface area contributed by atoms with E-state index >= 15 is 0 Å². The van der Waals surface area contributed by atoms with E-state index in [4.69, 9.17) is 9.84 Å². The Hall–Kier alpha value is -0.220. The lowest BCUT2D eigenvalue weighted by Crippen LogP contribution is -2.17. The van der Waals surface area contributed by atoms with Crippen LogP contribution in [0.4, 0.5) is 0 Å². The van der Waals surface area contributed by atoms with E-state index in [1.54, 1.807) is 0 Å². The summed E-state index contributed by atoms with van der Waals surface area (Å²) < 4.78 is 4.82. The molecular formula is C8H16O3S. The summed E-state index contributed by atoms with van der Waals surface area (Å²) in [6.45, 7) is 3.34. The number of rotatable bonds is 6. The van der Waals surface area contributed by atoms with E-state index < -0.39 is 0 Å². The van der Waals surface area contributed by atoms with Crippen molar-refractivity contribution in [3.05, 3.63) is 0 Å². The SMILES string of the molecule is CCCCS[C@@H](CO)OC(C)=O. The molecule has 12 heavy (non-hydrogen) atoms. The van der Waals surface area contributed by atoms with Crippen LogP contribution in [0.5, 0.6) is 0 Å². The maximum atomic E-state index is 10.5. The third-order valence-electron chi connectivity index (χ3n) is 1.25. The smallest absolute Gasteiger partial charge is 0.303 e. The fourth-order valence-electron chi connectivity index (χ4n) is 0.668. The number of ether oxygens (including phenoxy) is 1. The third kappa shape index (κ3) is 6.49. The second-order valence-corrected chi connectivity index (χ2v) is 3.71. The Labute approximate surface area is 77.5 Å². The summed E-state index contributed by atoms with van der Waals surface area (Å²) in [5.41, 5.74) is -0.381. The van der Waals surface area contributed by atoms with Crippen LogP contribution in [0.2, 0.25) is 0 Å². The first-order chi connectivity index (χ1) is 5.70. The summed E-state index contributed by atoms with van der Waals surface area (Å²) >= 11 is 1.48. The van der Waals surface area contributed by atoms with Crippen LogP contribution in [0.3, 0.4) is 0 Å². The zero-order valence-corrected chi connectivity index (χ0v) is 8.39. The molecule has 0 aromatic rings. The van der Waals surface area contributed by atoms with Crippen molar-refractivity contribution in [3.8, 4) is 0 Å². The van der Waals surface area contributed by atoms with Gasteiger partial charge in [0, 0.05) is 6.92 Å². The topological polar surface area (TPSA) is 46.5 Å². The van der Waals surface area contributed by atoms with Gasteiger partial charge in [0.15, 0.2) is 5.44 Å². The van der Waals surface area contributed by atoms with Gasteiger partial charge in [0.25, 0.3) is 0 Å². The highest BCUT2D eigenvalue weighted by Crippen LogP contribution is 2.13. The first-order valence-corrected chi connectivity index (χ1v) is 5.15. The summed E-state index contributed by atoms with van der Waals surface area (Å²) in [7, 11) is 0. The number of carbonyl (C=O) groups excluding carboxylic acids is 1. The Morgan fingerprint density at radius 2 is 2.33 bits per heavy atom. The average Bonchev–Trinajstić information content (AvgIpc) is 2.02. The van der Waals surface area contributed by atoms with Crippen LogP contribution >= 0.6 is 11.8 Å². The van der Waals surface area contributed by atoms with Crippen molar-refractivity contribution in [2.45, 2.75) is 32.1 Å². The van der Waals surface area contributed by atoms with Gasteiger partial charge in [-0.05, 0) is 12.2 Å². The van der Waals surface area contributed by atoms with Gasteiger partial charge in [-0.25, -0.2) is 0 Å². The van der Waals surface area contributed by atoms with Crippen molar-refractivity contribution in [2.75, 3.05) is 12.4 Å². The molecular weight excluding hydrogens is 176 g/mol. The molecule has 0 rings (SSSR count). The molecule has 0 fully saturated rings. The summed E-state index contributed by atoms with van der Waals surface area (Å²) in [6, 6.07) is 0. The normalized spacial score (nSPS) is 12.6. The number of aliphatic hydroxyl groups excluding tert-OH is 1. The maximum Gasteiger partial charge on any atom is 0.303 e. The Morgan fingerprint density at radius 1 is 1.67 bits per heavy atom. The third-order valence-corrected chi connectivity index (χ3v) is 2.39. The van der Waals surface area contributed by atoms with E-state index in [0.29, 0.717) is 0 Å². The van der Waals surface area contributed by atoms with Crippen LogP contribution in [0, 0.1) is 0 Å². The van der Waals surface area contributed by atoms with E-state index in [2.05, 4.69) is 6.92 Å². The first-order valence-electron chi connectivity index (χ1n) is 4.10. The summed E-state index contributed by atoms with van der Waals surface area (Å²) in [6.07, 6.45) is 2.20. The first kappa shape index (κ1) is 11.8. The molecule has 0 heterocycles. The average molecular weight is 192 g/mol. The predicted molar refractivity (Wildman–Crippen MR) is 50.0 cm³/mol. The number of hydrogen-bond acceptors (Lipinski definition) is 4. The lowest BCUT2D eigenvalue weighted by atomic mass is 10.4. The van der Waals surface area contributed by atoms with Gasteiger partial charge < -0.3 is 9.84 Å². The fourth-order valence-corrected chi connectivity index (χ4v) is 1.70. The van der Waals surface area contributed by atoms with Crippen LogP contribution in [-0.2, 0) is 9.53 Å². The van der Waals surface area contributed by atoms with E-state index in [1.807, 2.05) is 0 Å². The van der Waals surface area contributed by atoms with E-state index in [-0.39, 0.29) is 18.0 Å². The highest BCUT2D eigenvalue weighted by Gasteiger charge is 2.09. The van der Waals surface area contributed by atoms with Crippen LogP contribution in [0.15, 0.2) is 0 Å². The van der Waals surface area contributed by atoms with Crippen molar-refractivity contribution in [3.63, 3.8) is 0 Å². The van der Waals surface area contributed by atoms with Gasteiger partial charge in [-0.15, -0.1) is 11.8 Å². The minimum absolute atomic E-state index is 0.103. The largest absolute Gasteiger partial charge is 0.449 e. The zero-order chi connectivity index (χ0) is 9.40. The van der Waals surface area contributed by atoms with Gasteiger partial charge in [0.2, 0.25) is 0 Å². The Balaban J connectivity index is 3.46. The highest BCUT2D eigenvalue weighted by molar-refractivity contribution is 7.99. The van der Waals surface area contributed by atoms with Gasteiger partial charge in [-0.1, -0.05) is 13.3 Å². The molecule has 0 amide bonds. The van der Waals surface area contributed by atoms with Crippen molar-refractivity contribution >= 4 is 17.7 Å². The molecule has 0 aromatic carbocycles. The van der Waals surface area contributed by atoms with Crippen molar-refractivity contribution in [1.82, 2.24) is 0 Å². The van der Waals surface area contributed by atoms with Gasteiger partial charge in [0.1, 0.15) is 0 Å². The molecule has 4 heteroatoms. The van der Waals surface area contributed by atoms with E-state index in [9.17, 15) is 4.79 Å². The number of thioether (sulfide) groups is 1. The van der Waals surface area contributed by atoms with Gasteiger partial charge in [-0.2, -0.15) is 0 Å². The van der Waals surface area contributed by atoms with E-state index in [0.717, 1.165) is 18.6 Å². The molecule has 0 spiro atoms. The molecule has 1 atom stereocenters. The molecule has 1 N–H and O–H groups in total. The van der Waals surface area contributed by atoms with Gasteiger partial charge in [0.05, 0.1) is 6.61 Å². The minimum atomic E-state index is -0.381. The maximum absolute atomic E-state index is 10.5. The molecule has 0 unspecified atom stereocenters. The second-order valence-electron chi connectivity index (χ2n) is 2.45. The van der Waals surface area contributed by atoms with Crippen molar-refractivity contribution in [1.29, 1.82) is 0 Å². The monoisotopic (exact) mass is 192 g/mol. The summed E-state index contributed by atoms with van der Waals surface area (Å²) in [4.78, 5) is 10.5. The number of carbonyl (C=O) groups is 1. The predicted octanol–water partition coefficient (Wildman–Crippen LogP) is 1.40. The highest BCUT2D eigenvalue weighted by atomic mass is 32.2. The molecule has 0 aliphatic rings. The lowest BCUT2D eigenvalue weighted by Gasteiger charge is -2.12. The van der Waals surface area contributed by atoms with Gasteiger partial charge in [-0.3, -0.25) is 4.79 Å². The number of aliphatic hydroxyl groups is 1. The number of esters is 1. The Morgan fingerprint density at radius 3 is 2.75 bits per heavy atom. The molecule has 0 aromatic heterocycles. The molecule has 0 saturated carbocycles. The summed E-state index contributed by atoms with van der Waals surface area (Å²) in [5, 5.41) is 8.78. The Bertz CT molecular complexity index is 127. The van der Waals surface area contributed by atoms with Crippen LogP contribution < -0.4 is 0 Å². The summed E-state index contributed by atoms with van der Waals surface area (Å²) in [5.74, 6) is 0.590. The van der Waals surface area contributed by atoms with Crippen molar-refractivity contribution < 1.29 is 14.6 Å². The quantitative estimate of drug-likeness (QED) is 0.392. The van der Waals surface area contributed by atoms with Crippen LogP contribution in [0.1, 0.15) is 26.7 Å². The van der Waals surface area contributed by atoms with E-state index in [1.165, 1.54) is 18.7 Å². The number of unbranched alkanes of at least 4 members (excludes halogenated alkanes) is 1. The lowest BCUT2D eigenvalue weighted by molar-refractivity contribution is -0.143. The zero-order valence-electron chi connectivity index (χ0n) is 7.58. The molecule has 0 bridgehead atoms. The molecule has 72 valence electrons. The molecule has 0 radical (unpaired) electrons. The molecule has 0 aliphatic carbocycles. The molecule has 3 nitrogen and oxygen atoms in total. The Kier molecular flexibility index (Phi) is 7.29. The molecule has 0 aliphatic heterocycles.